The third-order valence-corrected chi connectivity index (χ3v) is 4.31. The lowest BCUT2D eigenvalue weighted by molar-refractivity contribution is 0.197. The topological polar surface area (TPSA) is 34.1 Å². The van der Waals surface area contributed by atoms with Gasteiger partial charge >= 0.3 is 0 Å². The third kappa shape index (κ3) is 6.14. The van der Waals surface area contributed by atoms with E-state index >= 15 is 0 Å². The van der Waals surface area contributed by atoms with Gasteiger partial charge in [-0.2, -0.15) is 0 Å². The molecule has 1 aromatic carbocycles. The van der Waals surface area contributed by atoms with Gasteiger partial charge in [0.2, 0.25) is 0 Å². The first-order valence-corrected chi connectivity index (χ1v) is 8.36. The van der Waals surface area contributed by atoms with E-state index in [9.17, 15) is 0 Å². The molecule has 21 heavy (non-hydrogen) atoms. The first kappa shape index (κ1) is 16.4. The summed E-state index contributed by atoms with van der Waals surface area (Å²) in [5, 5.41) is 7.47. The Balaban J connectivity index is 1.93. The van der Waals surface area contributed by atoms with Gasteiger partial charge in [0.15, 0.2) is 0 Å². The smallest absolute Gasteiger partial charge is 0.0928 e. The molecule has 0 aliphatic heterocycles. The van der Waals surface area contributed by atoms with Gasteiger partial charge in [-0.25, -0.2) is 4.98 Å². The molecule has 1 atom stereocenters. The fraction of sp³-hybridized carbons (Fsp3) is 0.438. The largest absolute Gasteiger partial charge is 0.383 e. The van der Waals surface area contributed by atoms with Crippen LogP contribution in [-0.4, -0.2) is 31.8 Å². The summed E-state index contributed by atoms with van der Waals surface area (Å²) in [7, 11) is 1.72. The number of thiazole rings is 1. The van der Waals surface area contributed by atoms with Crippen molar-refractivity contribution < 1.29 is 4.74 Å². The molecule has 0 spiro atoms. The zero-order valence-corrected chi connectivity index (χ0v) is 13.8. The zero-order valence-electron chi connectivity index (χ0n) is 12.2. The molecule has 1 heterocycles. The molecule has 2 rings (SSSR count). The molecule has 1 aromatic heterocycles. The van der Waals surface area contributed by atoms with Crippen molar-refractivity contribution in [2.45, 2.75) is 12.8 Å². The Morgan fingerprint density at radius 1 is 1.38 bits per heavy atom. The van der Waals surface area contributed by atoms with E-state index in [-0.39, 0.29) is 0 Å². The Bertz CT molecular complexity index is 519. The van der Waals surface area contributed by atoms with Crippen LogP contribution in [0, 0.1) is 5.92 Å². The maximum atomic E-state index is 6.07. The minimum absolute atomic E-state index is 0.506. The molecule has 0 fully saturated rings. The second kappa shape index (κ2) is 9.15. The highest BCUT2D eigenvalue weighted by Crippen LogP contribution is 2.18. The van der Waals surface area contributed by atoms with Crippen LogP contribution >= 0.6 is 22.9 Å². The van der Waals surface area contributed by atoms with Gasteiger partial charge in [0.25, 0.3) is 0 Å². The summed E-state index contributed by atoms with van der Waals surface area (Å²) >= 11 is 7.79. The molecular formula is C16H21ClN2OS. The summed E-state index contributed by atoms with van der Waals surface area (Å²) in [6, 6.07) is 8.11. The van der Waals surface area contributed by atoms with Gasteiger partial charge in [0.1, 0.15) is 0 Å². The lowest BCUT2D eigenvalue weighted by atomic mass is 9.96. The molecule has 5 heteroatoms. The number of nitrogens with zero attached hydrogens (tertiary/aromatic N) is 1. The molecule has 3 nitrogen and oxygen atoms in total. The molecule has 0 amide bonds. The molecule has 0 saturated carbocycles. The number of rotatable bonds is 9. The molecule has 2 aromatic rings. The van der Waals surface area contributed by atoms with E-state index in [0.717, 1.165) is 37.6 Å². The van der Waals surface area contributed by atoms with E-state index in [1.165, 1.54) is 10.6 Å². The van der Waals surface area contributed by atoms with Gasteiger partial charge in [-0.1, -0.05) is 23.7 Å². The second-order valence-electron chi connectivity index (χ2n) is 5.03. The van der Waals surface area contributed by atoms with Crippen LogP contribution < -0.4 is 5.32 Å². The maximum Gasteiger partial charge on any atom is 0.0928 e. The minimum Gasteiger partial charge on any atom is -0.383 e. The van der Waals surface area contributed by atoms with Gasteiger partial charge in [0.05, 0.1) is 11.6 Å². The molecule has 0 saturated heterocycles. The minimum atomic E-state index is 0.506. The quantitative estimate of drug-likeness (QED) is 0.718. The summed E-state index contributed by atoms with van der Waals surface area (Å²) in [5.74, 6) is 0.506. The summed E-state index contributed by atoms with van der Waals surface area (Å²) in [6.07, 6.45) is 3.86. The average molecular weight is 325 g/mol. The van der Waals surface area contributed by atoms with Crippen LogP contribution in [0.4, 0.5) is 0 Å². The van der Waals surface area contributed by atoms with Gasteiger partial charge in [-0.05, 0) is 36.6 Å². The van der Waals surface area contributed by atoms with Crippen molar-refractivity contribution in [3.8, 4) is 0 Å². The number of ether oxygens (including phenoxy) is 1. The Labute approximate surface area is 135 Å². The van der Waals surface area contributed by atoms with E-state index in [4.69, 9.17) is 16.3 Å². The Hall–Kier alpha value is -0.940. The average Bonchev–Trinajstić information content (AvgIpc) is 2.96. The molecule has 0 aliphatic carbocycles. The fourth-order valence-corrected chi connectivity index (χ4v) is 3.24. The fourth-order valence-electron chi connectivity index (χ4n) is 2.29. The van der Waals surface area contributed by atoms with Crippen molar-refractivity contribution in [2.24, 2.45) is 5.92 Å². The Kier molecular flexibility index (Phi) is 7.16. The maximum absolute atomic E-state index is 6.07. The zero-order chi connectivity index (χ0) is 14.9. The molecule has 0 bridgehead atoms. The van der Waals surface area contributed by atoms with Gasteiger partial charge in [-0.3, -0.25) is 0 Å². The number of benzene rings is 1. The highest BCUT2D eigenvalue weighted by Gasteiger charge is 2.12. The SMILES string of the molecule is COCCNCC(Cc1cccc(Cl)c1)Cc1nccs1. The van der Waals surface area contributed by atoms with Crippen molar-refractivity contribution in [1.82, 2.24) is 10.3 Å². The van der Waals surface area contributed by atoms with Gasteiger partial charge < -0.3 is 10.1 Å². The first-order valence-electron chi connectivity index (χ1n) is 7.10. The number of methoxy groups -OCH3 is 1. The third-order valence-electron chi connectivity index (χ3n) is 3.28. The molecule has 1 N–H and O–H groups in total. The highest BCUT2D eigenvalue weighted by atomic mass is 35.5. The van der Waals surface area contributed by atoms with E-state index in [2.05, 4.69) is 16.4 Å². The van der Waals surface area contributed by atoms with E-state index in [1.807, 2.05) is 29.8 Å². The number of hydrogen-bond acceptors (Lipinski definition) is 4. The summed E-state index contributed by atoms with van der Waals surface area (Å²) < 4.78 is 5.07. The van der Waals surface area contributed by atoms with Crippen LogP contribution in [0.2, 0.25) is 5.02 Å². The number of nitrogens with one attached hydrogen (secondary N) is 1. The van der Waals surface area contributed by atoms with Crippen molar-refractivity contribution >= 4 is 22.9 Å². The Morgan fingerprint density at radius 3 is 3.00 bits per heavy atom. The summed E-state index contributed by atoms with van der Waals surface area (Å²) in [4.78, 5) is 4.40. The monoisotopic (exact) mass is 324 g/mol. The van der Waals surface area contributed by atoms with Crippen molar-refractivity contribution in [3.05, 3.63) is 51.4 Å². The van der Waals surface area contributed by atoms with Gasteiger partial charge in [-0.15, -0.1) is 11.3 Å². The van der Waals surface area contributed by atoms with Crippen LogP contribution in [0.25, 0.3) is 0 Å². The molecule has 114 valence electrons. The summed E-state index contributed by atoms with van der Waals surface area (Å²) in [6.45, 7) is 2.57. The van der Waals surface area contributed by atoms with Crippen molar-refractivity contribution in [1.29, 1.82) is 0 Å². The predicted molar refractivity (Wildman–Crippen MR) is 89.2 cm³/mol. The van der Waals surface area contributed by atoms with Crippen LogP contribution in [0.5, 0.6) is 0 Å². The normalized spacial score (nSPS) is 12.5. The molecule has 0 aliphatic rings. The van der Waals surface area contributed by atoms with Gasteiger partial charge in [0, 0.05) is 36.7 Å². The van der Waals surface area contributed by atoms with Crippen LogP contribution in [0.15, 0.2) is 35.8 Å². The molecular weight excluding hydrogens is 304 g/mol. The number of hydrogen-bond donors (Lipinski definition) is 1. The second-order valence-corrected chi connectivity index (χ2v) is 6.44. The van der Waals surface area contributed by atoms with Crippen LogP contribution in [0.3, 0.4) is 0 Å². The lowest BCUT2D eigenvalue weighted by Gasteiger charge is -2.17. The van der Waals surface area contributed by atoms with E-state index in [0.29, 0.717) is 5.92 Å². The van der Waals surface area contributed by atoms with Crippen molar-refractivity contribution in [2.75, 3.05) is 26.8 Å². The number of aromatic nitrogens is 1. The summed E-state index contributed by atoms with van der Waals surface area (Å²) in [5.41, 5.74) is 1.28. The van der Waals surface area contributed by atoms with Crippen molar-refractivity contribution in [3.63, 3.8) is 0 Å². The standard InChI is InChI=1S/C16H21ClN2OS/c1-20-7-5-18-12-14(11-16-19-6-8-21-16)9-13-3-2-4-15(17)10-13/h2-4,6,8,10,14,18H,5,7,9,11-12H2,1H3. The highest BCUT2D eigenvalue weighted by molar-refractivity contribution is 7.09. The predicted octanol–water partition coefficient (Wildman–Crippen LogP) is 3.43. The van der Waals surface area contributed by atoms with E-state index < -0.39 is 0 Å². The Morgan fingerprint density at radius 2 is 2.29 bits per heavy atom. The lowest BCUT2D eigenvalue weighted by Crippen LogP contribution is -2.28. The van der Waals surface area contributed by atoms with Crippen LogP contribution in [0.1, 0.15) is 10.6 Å². The first-order chi connectivity index (χ1) is 10.3. The number of halogens is 1. The molecule has 1 unspecified atom stereocenters. The van der Waals surface area contributed by atoms with Crippen LogP contribution in [-0.2, 0) is 17.6 Å². The van der Waals surface area contributed by atoms with E-state index in [1.54, 1.807) is 18.4 Å². The molecule has 0 radical (unpaired) electrons.